The van der Waals surface area contributed by atoms with Crippen LogP contribution >= 0.6 is 28.3 Å². The summed E-state index contributed by atoms with van der Waals surface area (Å²) < 4.78 is 14.0. The normalized spacial score (nSPS) is 16.2. The number of benzene rings is 1. The molecule has 0 spiro atoms. The van der Waals surface area contributed by atoms with E-state index in [-0.39, 0.29) is 24.0 Å². The Morgan fingerprint density at radius 3 is 2.69 bits per heavy atom. The van der Waals surface area contributed by atoms with Crippen LogP contribution in [0.2, 0.25) is 0 Å². The first-order valence-corrected chi connectivity index (χ1v) is 5.36. The average molecular weight is 310 g/mol. The first-order chi connectivity index (χ1) is 7.01. The molecule has 0 atom stereocenters. The fraction of sp³-hybridized carbons (Fsp3) is 0.300. The number of nitrogens with two attached hydrogens (primary N) is 1. The summed E-state index contributed by atoms with van der Waals surface area (Å²) in [4.78, 5) is 11.5. The smallest absolute Gasteiger partial charge is 0.244 e. The standard InChI is InChI=1S/C10H10BrFN2O.ClH/c11-6-1-2-7(12)8(5-6)14-9(15)10(13)3-4-10;/h1-2,5H,3-4,13H2,(H,14,15);1H. The molecule has 0 unspecified atom stereocenters. The summed E-state index contributed by atoms with van der Waals surface area (Å²) in [5.74, 6) is -0.782. The Balaban J connectivity index is 0.00000128. The Kier molecular flexibility index (Phi) is 3.93. The largest absolute Gasteiger partial charge is 0.322 e. The predicted octanol–water partition coefficient (Wildman–Crippen LogP) is 2.44. The van der Waals surface area contributed by atoms with Crippen molar-refractivity contribution in [1.82, 2.24) is 0 Å². The Morgan fingerprint density at radius 1 is 1.50 bits per heavy atom. The van der Waals surface area contributed by atoms with Crippen molar-refractivity contribution in [1.29, 1.82) is 0 Å². The first-order valence-electron chi connectivity index (χ1n) is 4.57. The molecule has 0 radical (unpaired) electrons. The van der Waals surface area contributed by atoms with Crippen LogP contribution in [0.1, 0.15) is 12.8 Å². The Bertz CT molecular complexity index is 423. The van der Waals surface area contributed by atoms with E-state index in [2.05, 4.69) is 21.2 Å². The Morgan fingerprint density at radius 2 is 2.12 bits per heavy atom. The van der Waals surface area contributed by atoms with Gasteiger partial charge in [-0.15, -0.1) is 12.4 Å². The predicted molar refractivity (Wildman–Crippen MR) is 66.1 cm³/mol. The molecular formula is C10H11BrClFN2O. The molecule has 88 valence electrons. The van der Waals surface area contributed by atoms with E-state index >= 15 is 0 Å². The zero-order chi connectivity index (χ0) is 11.1. The van der Waals surface area contributed by atoms with Crippen LogP contribution in [0.3, 0.4) is 0 Å². The summed E-state index contributed by atoms with van der Waals surface area (Å²) in [6.07, 6.45) is 1.32. The van der Waals surface area contributed by atoms with Crippen molar-refractivity contribution in [2.75, 3.05) is 5.32 Å². The maximum absolute atomic E-state index is 13.3. The number of halogens is 3. The van der Waals surface area contributed by atoms with Crippen LogP contribution < -0.4 is 11.1 Å². The Hall–Kier alpha value is -0.650. The van der Waals surface area contributed by atoms with Crippen molar-refractivity contribution < 1.29 is 9.18 Å². The number of hydrogen-bond donors (Lipinski definition) is 2. The van der Waals surface area contributed by atoms with Gasteiger partial charge in [-0.25, -0.2) is 4.39 Å². The van der Waals surface area contributed by atoms with Crippen molar-refractivity contribution in [3.8, 4) is 0 Å². The van der Waals surface area contributed by atoms with Gasteiger partial charge in [0.25, 0.3) is 0 Å². The highest BCUT2D eigenvalue weighted by atomic mass is 79.9. The van der Waals surface area contributed by atoms with Gasteiger partial charge in [0.05, 0.1) is 11.2 Å². The van der Waals surface area contributed by atoms with Crippen molar-refractivity contribution in [3.05, 3.63) is 28.5 Å². The minimum Gasteiger partial charge on any atom is -0.322 e. The molecule has 3 N–H and O–H groups in total. The van der Waals surface area contributed by atoms with Gasteiger partial charge in [0.15, 0.2) is 0 Å². The SMILES string of the molecule is Cl.NC1(C(=O)Nc2cc(Br)ccc2F)CC1. The van der Waals surface area contributed by atoms with E-state index in [0.29, 0.717) is 17.3 Å². The van der Waals surface area contributed by atoms with Gasteiger partial charge in [-0.1, -0.05) is 15.9 Å². The molecule has 1 aliphatic rings. The number of carbonyl (C=O) groups is 1. The van der Waals surface area contributed by atoms with Crippen LogP contribution in [-0.4, -0.2) is 11.4 Å². The Labute approximate surface area is 107 Å². The first kappa shape index (κ1) is 13.4. The van der Waals surface area contributed by atoms with E-state index in [9.17, 15) is 9.18 Å². The van der Waals surface area contributed by atoms with Crippen LogP contribution in [0.4, 0.5) is 10.1 Å². The van der Waals surface area contributed by atoms with Crippen molar-refractivity contribution in [2.45, 2.75) is 18.4 Å². The molecule has 6 heteroatoms. The van der Waals surface area contributed by atoms with Crippen LogP contribution in [0, 0.1) is 5.82 Å². The molecule has 2 rings (SSSR count). The van der Waals surface area contributed by atoms with Crippen molar-refractivity contribution >= 4 is 39.9 Å². The molecule has 3 nitrogen and oxygen atoms in total. The molecule has 1 fully saturated rings. The molecule has 1 amide bonds. The molecule has 0 aliphatic heterocycles. The topological polar surface area (TPSA) is 55.1 Å². The fourth-order valence-electron chi connectivity index (χ4n) is 1.20. The monoisotopic (exact) mass is 308 g/mol. The highest BCUT2D eigenvalue weighted by Gasteiger charge is 2.46. The second-order valence-electron chi connectivity index (χ2n) is 3.73. The van der Waals surface area contributed by atoms with E-state index in [1.54, 1.807) is 6.07 Å². The van der Waals surface area contributed by atoms with Gasteiger partial charge < -0.3 is 11.1 Å². The summed E-state index contributed by atoms with van der Waals surface area (Å²) in [5.41, 5.74) is 5.06. The molecule has 1 aliphatic carbocycles. The van der Waals surface area contributed by atoms with Gasteiger partial charge in [-0.2, -0.15) is 0 Å². The molecule has 1 saturated carbocycles. The highest BCUT2D eigenvalue weighted by molar-refractivity contribution is 9.10. The zero-order valence-electron chi connectivity index (χ0n) is 8.30. The van der Waals surface area contributed by atoms with Gasteiger partial charge in [0.1, 0.15) is 5.82 Å². The number of amides is 1. The average Bonchev–Trinajstić information content (AvgIpc) is 2.91. The molecule has 0 saturated heterocycles. The van der Waals surface area contributed by atoms with E-state index < -0.39 is 11.4 Å². The van der Waals surface area contributed by atoms with Gasteiger partial charge >= 0.3 is 0 Å². The lowest BCUT2D eigenvalue weighted by molar-refractivity contribution is -0.118. The third-order valence-electron chi connectivity index (χ3n) is 2.42. The molecular weight excluding hydrogens is 298 g/mol. The summed E-state index contributed by atoms with van der Waals surface area (Å²) in [6, 6.07) is 4.37. The van der Waals surface area contributed by atoms with Crippen molar-refractivity contribution in [2.24, 2.45) is 5.73 Å². The highest BCUT2D eigenvalue weighted by Crippen LogP contribution is 2.33. The zero-order valence-corrected chi connectivity index (χ0v) is 10.7. The summed E-state index contributed by atoms with van der Waals surface area (Å²) in [6.45, 7) is 0. The van der Waals surface area contributed by atoms with E-state index in [1.165, 1.54) is 12.1 Å². The third-order valence-corrected chi connectivity index (χ3v) is 2.91. The molecule has 1 aromatic rings. The second kappa shape index (κ2) is 4.69. The van der Waals surface area contributed by atoms with Gasteiger partial charge in [-0.3, -0.25) is 4.79 Å². The summed E-state index contributed by atoms with van der Waals surface area (Å²) in [7, 11) is 0. The maximum Gasteiger partial charge on any atom is 0.244 e. The number of carbonyl (C=O) groups excluding carboxylic acids is 1. The van der Waals surface area contributed by atoms with Crippen molar-refractivity contribution in [3.63, 3.8) is 0 Å². The number of nitrogens with one attached hydrogen (secondary N) is 1. The second-order valence-corrected chi connectivity index (χ2v) is 4.65. The molecule has 0 bridgehead atoms. The van der Waals surface area contributed by atoms with Crippen LogP contribution in [-0.2, 0) is 4.79 Å². The van der Waals surface area contributed by atoms with Crippen LogP contribution in [0.15, 0.2) is 22.7 Å². The minimum atomic E-state index is -0.783. The quantitative estimate of drug-likeness (QED) is 0.881. The van der Waals surface area contributed by atoms with Crippen LogP contribution in [0.5, 0.6) is 0 Å². The van der Waals surface area contributed by atoms with Gasteiger partial charge in [0, 0.05) is 4.47 Å². The summed E-state index contributed by atoms with van der Waals surface area (Å²) in [5, 5.41) is 2.48. The van der Waals surface area contributed by atoms with Gasteiger partial charge in [-0.05, 0) is 31.0 Å². The molecule has 0 aromatic heterocycles. The van der Waals surface area contributed by atoms with Crippen LogP contribution in [0.25, 0.3) is 0 Å². The third kappa shape index (κ3) is 2.72. The van der Waals surface area contributed by atoms with E-state index in [4.69, 9.17) is 5.73 Å². The molecule has 0 heterocycles. The lowest BCUT2D eigenvalue weighted by Crippen LogP contribution is -2.38. The molecule has 16 heavy (non-hydrogen) atoms. The fourth-order valence-corrected chi connectivity index (χ4v) is 1.56. The lowest BCUT2D eigenvalue weighted by atomic mass is 10.2. The summed E-state index contributed by atoms with van der Waals surface area (Å²) >= 11 is 3.20. The van der Waals surface area contributed by atoms with Gasteiger partial charge in [0.2, 0.25) is 5.91 Å². The lowest BCUT2D eigenvalue weighted by Gasteiger charge is -2.10. The molecule has 1 aromatic carbocycles. The minimum absolute atomic E-state index is 0. The number of rotatable bonds is 2. The maximum atomic E-state index is 13.3. The number of hydrogen-bond acceptors (Lipinski definition) is 2. The van der Waals surface area contributed by atoms with E-state index in [1.807, 2.05) is 0 Å². The van der Waals surface area contributed by atoms with E-state index in [0.717, 1.165) is 0 Å². The number of anilines is 1.